The summed E-state index contributed by atoms with van der Waals surface area (Å²) >= 11 is 0. The maximum Gasteiger partial charge on any atom is 0.308 e. The maximum atomic E-state index is 10.5. The third-order valence-corrected chi connectivity index (χ3v) is 1.27. The molecule has 4 heteroatoms. The van der Waals surface area contributed by atoms with Gasteiger partial charge in [-0.15, -0.1) is 0 Å². The molecule has 0 saturated heterocycles. The van der Waals surface area contributed by atoms with Gasteiger partial charge in [0.2, 0.25) is 6.08 Å². The number of aliphatic imine (C=N–C) groups is 1. The molecule has 0 spiro atoms. The van der Waals surface area contributed by atoms with E-state index in [0.29, 0.717) is 11.4 Å². The van der Waals surface area contributed by atoms with Crippen molar-refractivity contribution in [1.29, 1.82) is 0 Å². The summed E-state index contributed by atoms with van der Waals surface area (Å²) in [7, 11) is 0. The second-order valence-corrected chi connectivity index (χ2v) is 2.29. The zero-order chi connectivity index (χ0) is 9.68. The van der Waals surface area contributed by atoms with Crippen LogP contribution in [-0.4, -0.2) is 12.0 Å². The molecular weight excluding hydrogens is 170 g/mol. The van der Waals surface area contributed by atoms with Gasteiger partial charge in [0.05, 0.1) is 5.69 Å². The van der Waals surface area contributed by atoms with Crippen molar-refractivity contribution in [2.45, 2.75) is 6.92 Å². The molecule has 0 bridgehead atoms. The summed E-state index contributed by atoms with van der Waals surface area (Å²) in [6.45, 7) is 1.32. The van der Waals surface area contributed by atoms with Crippen molar-refractivity contribution in [3.05, 3.63) is 24.3 Å². The molecule has 1 rings (SSSR count). The molecule has 0 atom stereocenters. The Morgan fingerprint density at radius 1 is 1.38 bits per heavy atom. The smallest absolute Gasteiger partial charge is 0.308 e. The third-order valence-electron chi connectivity index (χ3n) is 1.27. The lowest BCUT2D eigenvalue weighted by atomic mass is 10.3. The zero-order valence-electron chi connectivity index (χ0n) is 6.98. The first-order valence-electron chi connectivity index (χ1n) is 3.59. The van der Waals surface area contributed by atoms with E-state index in [1.807, 2.05) is 0 Å². The Kier molecular flexibility index (Phi) is 2.95. The molecule has 0 aromatic heterocycles. The molecule has 0 aliphatic heterocycles. The number of carbonyl (C=O) groups excluding carboxylic acids is 2. The van der Waals surface area contributed by atoms with E-state index < -0.39 is 0 Å². The van der Waals surface area contributed by atoms with Crippen LogP contribution in [0.15, 0.2) is 29.3 Å². The van der Waals surface area contributed by atoms with Crippen LogP contribution >= 0.6 is 0 Å². The normalized spacial score (nSPS) is 8.69. The summed E-state index contributed by atoms with van der Waals surface area (Å²) in [4.78, 5) is 23.8. The average molecular weight is 177 g/mol. The minimum atomic E-state index is -0.383. The number of nitrogens with zero attached hydrogens (tertiary/aromatic N) is 1. The van der Waals surface area contributed by atoms with Crippen LogP contribution in [0.5, 0.6) is 5.75 Å². The molecule has 0 aliphatic carbocycles. The lowest BCUT2D eigenvalue weighted by Gasteiger charge is -1.99. The van der Waals surface area contributed by atoms with Crippen LogP contribution in [-0.2, 0) is 9.59 Å². The quantitative estimate of drug-likeness (QED) is 0.298. The van der Waals surface area contributed by atoms with Crippen LogP contribution < -0.4 is 4.74 Å². The topological polar surface area (TPSA) is 55.7 Å². The Labute approximate surface area is 74.9 Å². The summed E-state index contributed by atoms with van der Waals surface area (Å²) in [6.07, 6.45) is 1.41. The highest BCUT2D eigenvalue weighted by Crippen LogP contribution is 2.17. The SMILES string of the molecule is CC(=O)Oc1ccc(N=C=O)cc1. The number of hydrogen-bond donors (Lipinski definition) is 0. The van der Waals surface area contributed by atoms with Crippen LogP contribution in [0.2, 0.25) is 0 Å². The fourth-order valence-corrected chi connectivity index (χ4v) is 0.807. The van der Waals surface area contributed by atoms with Gasteiger partial charge in [-0.05, 0) is 24.3 Å². The standard InChI is InChI=1S/C9H7NO3/c1-7(12)13-9-4-2-8(3-5-9)10-6-11/h2-5H,1H3. The zero-order valence-corrected chi connectivity index (χ0v) is 6.98. The number of isocyanates is 1. The van der Waals surface area contributed by atoms with E-state index in [1.165, 1.54) is 13.0 Å². The first-order chi connectivity index (χ1) is 6.22. The Hall–Kier alpha value is -1.93. The van der Waals surface area contributed by atoms with Crippen molar-refractivity contribution in [2.75, 3.05) is 0 Å². The summed E-state index contributed by atoms with van der Waals surface area (Å²) in [5.41, 5.74) is 0.478. The largest absolute Gasteiger partial charge is 0.427 e. The minimum Gasteiger partial charge on any atom is -0.427 e. The second-order valence-electron chi connectivity index (χ2n) is 2.29. The van der Waals surface area contributed by atoms with Gasteiger partial charge in [0.15, 0.2) is 0 Å². The van der Waals surface area contributed by atoms with Crippen molar-refractivity contribution >= 4 is 17.7 Å². The third kappa shape index (κ3) is 2.89. The van der Waals surface area contributed by atoms with Crippen LogP contribution in [0.1, 0.15) is 6.92 Å². The second kappa shape index (κ2) is 4.18. The van der Waals surface area contributed by atoms with Gasteiger partial charge >= 0.3 is 5.97 Å². The maximum absolute atomic E-state index is 10.5. The van der Waals surface area contributed by atoms with Crippen LogP contribution in [0.3, 0.4) is 0 Å². The predicted octanol–water partition coefficient (Wildman–Crippen LogP) is 1.58. The van der Waals surface area contributed by atoms with Gasteiger partial charge in [-0.3, -0.25) is 4.79 Å². The Balaban J connectivity index is 2.80. The molecule has 0 radical (unpaired) electrons. The van der Waals surface area contributed by atoms with E-state index in [2.05, 4.69) is 4.99 Å². The first kappa shape index (κ1) is 9.16. The summed E-state index contributed by atoms with van der Waals surface area (Å²) < 4.78 is 4.77. The molecule has 0 aliphatic rings. The van der Waals surface area contributed by atoms with Gasteiger partial charge < -0.3 is 4.74 Å². The lowest BCUT2D eigenvalue weighted by Crippen LogP contribution is -2.00. The summed E-state index contributed by atoms with van der Waals surface area (Å²) in [5.74, 6) is 0.0454. The van der Waals surface area contributed by atoms with Gasteiger partial charge in [0.25, 0.3) is 0 Å². The Bertz CT molecular complexity index is 350. The number of hydrogen-bond acceptors (Lipinski definition) is 4. The fourth-order valence-electron chi connectivity index (χ4n) is 0.807. The fraction of sp³-hybridized carbons (Fsp3) is 0.111. The molecule has 66 valence electrons. The number of carbonyl (C=O) groups is 1. The van der Waals surface area contributed by atoms with Gasteiger partial charge in [0, 0.05) is 6.92 Å². The number of ether oxygens (including phenoxy) is 1. The molecule has 1 aromatic carbocycles. The summed E-state index contributed by atoms with van der Waals surface area (Å²) in [6, 6.07) is 6.22. The first-order valence-corrected chi connectivity index (χ1v) is 3.59. The van der Waals surface area contributed by atoms with Crippen LogP contribution in [0, 0.1) is 0 Å². The van der Waals surface area contributed by atoms with Gasteiger partial charge in [-0.2, -0.15) is 4.99 Å². The molecule has 0 unspecified atom stereocenters. The Morgan fingerprint density at radius 2 is 2.00 bits per heavy atom. The molecule has 13 heavy (non-hydrogen) atoms. The molecule has 4 nitrogen and oxygen atoms in total. The van der Waals surface area contributed by atoms with Crippen molar-refractivity contribution in [2.24, 2.45) is 4.99 Å². The predicted molar refractivity (Wildman–Crippen MR) is 45.5 cm³/mol. The Morgan fingerprint density at radius 3 is 2.46 bits per heavy atom. The van der Waals surface area contributed by atoms with Gasteiger partial charge in [-0.25, -0.2) is 4.79 Å². The molecule has 0 N–H and O–H groups in total. The van der Waals surface area contributed by atoms with Gasteiger partial charge in [-0.1, -0.05) is 0 Å². The average Bonchev–Trinajstić information content (AvgIpc) is 2.08. The van der Waals surface area contributed by atoms with E-state index in [1.54, 1.807) is 24.3 Å². The molecule has 1 aromatic rings. The van der Waals surface area contributed by atoms with E-state index >= 15 is 0 Å². The molecule has 0 heterocycles. The summed E-state index contributed by atoms with van der Waals surface area (Å²) in [5, 5.41) is 0. The number of benzene rings is 1. The highest BCUT2D eigenvalue weighted by Gasteiger charge is 1.96. The number of rotatable bonds is 2. The monoisotopic (exact) mass is 177 g/mol. The van der Waals surface area contributed by atoms with Crippen molar-refractivity contribution < 1.29 is 14.3 Å². The van der Waals surface area contributed by atoms with Crippen LogP contribution in [0.25, 0.3) is 0 Å². The molecular formula is C9H7NO3. The van der Waals surface area contributed by atoms with Crippen molar-refractivity contribution in [3.8, 4) is 5.75 Å². The van der Waals surface area contributed by atoms with Crippen molar-refractivity contribution in [1.82, 2.24) is 0 Å². The van der Waals surface area contributed by atoms with E-state index in [0.717, 1.165) is 0 Å². The van der Waals surface area contributed by atoms with Gasteiger partial charge in [0.1, 0.15) is 5.75 Å². The highest BCUT2D eigenvalue weighted by molar-refractivity contribution is 5.69. The molecule has 0 saturated carbocycles. The van der Waals surface area contributed by atoms with E-state index in [9.17, 15) is 9.59 Å². The number of esters is 1. The molecule has 0 amide bonds. The highest BCUT2D eigenvalue weighted by atomic mass is 16.5. The molecule has 0 fully saturated rings. The lowest BCUT2D eigenvalue weighted by molar-refractivity contribution is -0.131. The van der Waals surface area contributed by atoms with E-state index in [-0.39, 0.29) is 5.97 Å². The van der Waals surface area contributed by atoms with Crippen LogP contribution in [0.4, 0.5) is 5.69 Å². The van der Waals surface area contributed by atoms with Crippen molar-refractivity contribution in [3.63, 3.8) is 0 Å². The minimum absolute atomic E-state index is 0.383. The van der Waals surface area contributed by atoms with E-state index in [4.69, 9.17) is 4.74 Å².